The fourth-order valence-corrected chi connectivity index (χ4v) is 2.51. The Kier molecular flexibility index (Phi) is 7.35. The molecule has 0 atom stereocenters. The van der Waals surface area contributed by atoms with E-state index < -0.39 is 0 Å². The van der Waals surface area contributed by atoms with Crippen molar-refractivity contribution >= 4 is 5.96 Å². The van der Waals surface area contributed by atoms with E-state index in [1.807, 2.05) is 0 Å². The molecule has 0 aromatic heterocycles. The molecule has 1 saturated heterocycles. The van der Waals surface area contributed by atoms with Crippen molar-refractivity contribution in [2.45, 2.75) is 59.4 Å². The third-order valence-electron chi connectivity index (χ3n) is 3.86. The number of guanidine groups is 1. The van der Waals surface area contributed by atoms with Crippen molar-refractivity contribution in [3.8, 4) is 0 Å². The Hall–Kier alpha value is -0.770. The largest absolute Gasteiger partial charge is 0.357 e. The lowest BCUT2D eigenvalue weighted by Crippen LogP contribution is -2.49. The Morgan fingerprint density at radius 3 is 2.35 bits per heavy atom. The minimum absolute atomic E-state index is 0.153. The number of piperidine rings is 1. The highest BCUT2D eigenvalue weighted by Gasteiger charge is 2.27. The van der Waals surface area contributed by atoms with Crippen molar-refractivity contribution in [3.63, 3.8) is 0 Å². The molecule has 1 heterocycles. The van der Waals surface area contributed by atoms with Crippen molar-refractivity contribution in [2.24, 2.45) is 10.9 Å². The third-order valence-corrected chi connectivity index (χ3v) is 3.86. The van der Waals surface area contributed by atoms with Crippen molar-refractivity contribution in [1.82, 2.24) is 15.5 Å². The second kappa shape index (κ2) is 8.50. The molecule has 1 fully saturated rings. The second-order valence-electron chi connectivity index (χ2n) is 6.83. The first-order valence-corrected chi connectivity index (χ1v) is 8.23. The summed E-state index contributed by atoms with van der Waals surface area (Å²) in [6, 6.07) is 0. The number of rotatable bonds is 6. The van der Waals surface area contributed by atoms with Crippen LogP contribution in [0.2, 0.25) is 0 Å². The summed E-state index contributed by atoms with van der Waals surface area (Å²) < 4.78 is 0. The minimum Gasteiger partial charge on any atom is -0.357 e. The topological polar surface area (TPSA) is 39.7 Å². The molecular weight excluding hydrogens is 248 g/mol. The lowest BCUT2D eigenvalue weighted by atomic mass is 9.99. The Labute approximate surface area is 125 Å². The van der Waals surface area contributed by atoms with Crippen LogP contribution in [-0.2, 0) is 0 Å². The van der Waals surface area contributed by atoms with E-state index in [0.717, 1.165) is 25.6 Å². The molecule has 118 valence electrons. The van der Waals surface area contributed by atoms with E-state index in [9.17, 15) is 0 Å². The summed E-state index contributed by atoms with van der Waals surface area (Å²) in [5.41, 5.74) is 0.153. The molecule has 0 spiro atoms. The first kappa shape index (κ1) is 17.3. The number of aliphatic imine (C=N–C) groups is 1. The first-order chi connectivity index (χ1) is 9.45. The molecule has 0 aromatic carbocycles. The molecule has 4 heteroatoms. The highest BCUT2D eigenvalue weighted by atomic mass is 15.2. The highest BCUT2D eigenvalue weighted by Crippen LogP contribution is 2.20. The van der Waals surface area contributed by atoms with Gasteiger partial charge < -0.3 is 10.6 Å². The van der Waals surface area contributed by atoms with Gasteiger partial charge in [-0.2, -0.15) is 0 Å². The molecule has 4 nitrogen and oxygen atoms in total. The number of likely N-dealkylation sites (tertiary alicyclic amines) is 1. The summed E-state index contributed by atoms with van der Waals surface area (Å²) in [7, 11) is 0. The zero-order valence-electron chi connectivity index (χ0n) is 14.1. The van der Waals surface area contributed by atoms with Crippen molar-refractivity contribution in [3.05, 3.63) is 0 Å². The third kappa shape index (κ3) is 6.12. The van der Waals surface area contributed by atoms with Crippen LogP contribution in [0.5, 0.6) is 0 Å². The van der Waals surface area contributed by atoms with Crippen LogP contribution in [0.3, 0.4) is 0 Å². The fourth-order valence-electron chi connectivity index (χ4n) is 2.51. The molecule has 1 aliphatic rings. The average molecular weight is 282 g/mol. The summed E-state index contributed by atoms with van der Waals surface area (Å²) in [5.74, 6) is 1.58. The van der Waals surface area contributed by atoms with Gasteiger partial charge in [-0.15, -0.1) is 0 Å². The minimum atomic E-state index is 0.153. The summed E-state index contributed by atoms with van der Waals surface area (Å²) in [5, 5.41) is 6.75. The van der Waals surface area contributed by atoms with E-state index in [1.54, 1.807) is 0 Å². The van der Waals surface area contributed by atoms with Gasteiger partial charge in [-0.3, -0.25) is 9.89 Å². The number of hydrogen-bond donors (Lipinski definition) is 2. The van der Waals surface area contributed by atoms with Crippen molar-refractivity contribution in [2.75, 3.05) is 32.7 Å². The second-order valence-corrected chi connectivity index (χ2v) is 6.83. The van der Waals surface area contributed by atoms with Gasteiger partial charge in [-0.25, -0.2) is 0 Å². The standard InChI is InChI=1S/C16H34N4/c1-6-17-15(18-12-14(2)3)19-13-16(4,5)20-10-8-7-9-11-20/h14H,6-13H2,1-5H3,(H2,17,18,19). The summed E-state index contributed by atoms with van der Waals surface area (Å²) in [6.07, 6.45) is 4.05. The summed E-state index contributed by atoms with van der Waals surface area (Å²) in [4.78, 5) is 7.37. The van der Waals surface area contributed by atoms with E-state index in [0.29, 0.717) is 5.92 Å². The van der Waals surface area contributed by atoms with Gasteiger partial charge in [0.15, 0.2) is 5.96 Å². The maximum Gasteiger partial charge on any atom is 0.191 e. The molecule has 0 aliphatic carbocycles. The number of nitrogens with zero attached hydrogens (tertiary/aromatic N) is 2. The molecule has 0 unspecified atom stereocenters. The van der Waals surface area contributed by atoms with Gasteiger partial charge in [-0.05, 0) is 52.6 Å². The molecule has 0 bridgehead atoms. The fraction of sp³-hybridized carbons (Fsp3) is 0.938. The van der Waals surface area contributed by atoms with Gasteiger partial charge >= 0.3 is 0 Å². The van der Waals surface area contributed by atoms with E-state index in [-0.39, 0.29) is 5.54 Å². The maximum absolute atomic E-state index is 4.79. The van der Waals surface area contributed by atoms with Crippen molar-refractivity contribution < 1.29 is 0 Å². The number of hydrogen-bond acceptors (Lipinski definition) is 2. The van der Waals surface area contributed by atoms with E-state index >= 15 is 0 Å². The molecule has 1 aliphatic heterocycles. The van der Waals surface area contributed by atoms with Crippen LogP contribution in [-0.4, -0.2) is 49.1 Å². The summed E-state index contributed by atoms with van der Waals surface area (Å²) >= 11 is 0. The van der Waals surface area contributed by atoms with Crippen LogP contribution in [0.1, 0.15) is 53.9 Å². The predicted molar refractivity (Wildman–Crippen MR) is 88.3 cm³/mol. The number of nitrogens with one attached hydrogen (secondary N) is 2. The predicted octanol–water partition coefficient (Wildman–Crippen LogP) is 2.46. The smallest absolute Gasteiger partial charge is 0.191 e. The van der Waals surface area contributed by atoms with Crippen LogP contribution < -0.4 is 10.6 Å². The molecule has 0 amide bonds. The van der Waals surface area contributed by atoms with Gasteiger partial charge in [0.1, 0.15) is 0 Å². The average Bonchev–Trinajstić information content (AvgIpc) is 2.43. The van der Waals surface area contributed by atoms with Gasteiger partial charge in [0.25, 0.3) is 0 Å². The molecule has 2 N–H and O–H groups in total. The normalized spacial score (nSPS) is 18.4. The zero-order chi connectivity index (χ0) is 15.0. The van der Waals surface area contributed by atoms with Crippen LogP contribution in [0.15, 0.2) is 4.99 Å². The van der Waals surface area contributed by atoms with Crippen LogP contribution in [0.25, 0.3) is 0 Å². The molecule has 20 heavy (non-hydrogen) atoms. The van der Waals surface area contributed by atoms with Gasteiger partial charge in [0.2, 0.25) is 0 Å². The first-order valence-electron chi connectivity index (χ1n) is 8.23. The van der Waals surface area contributed by atoms with Crippen LogP contribution >= 0.6 is 0 Å². The quantitative estimate of drug-likeness (QED) is 0.581. The lowest BCUT2D eigenvalue weighted by molar-refractivity contribution is 0.102. The van der Waals surface area contributed by atoms with Gasteiger partial charge in [0, 0.05) is 18.6 Å². The van der Waals surface area contributed by atoms with Gasteiger partial charge in [-0.1, -0.05) is 20.3 Å². The Bertz CT molecular complexity index is 291. The zero-order valence-corrected chi connectivity index (χ0v) is 14.1. The Balaban J connectivity index is 2.54. The highest BCUT2D eigenvalue weighted by molar-refractivity contribution is 5.79. The Morgan fingerprint density at radius 1 is 1.15 bits per heavy atom. The maximum atomic E-state index is 4.79. The van der Waals surface area contributed by atoms with Crippen molar-refractivity contribution in [1.29, 1.82) is 0 Å². The van der Waals surface area contributed by atoms with E-state index in [2.05, 4.69) is 50.2 Å². The lowest BCUT2D eigenvalue weighted by Gasteiger charge is -2.40. The van der Waals surface area contributed by atoms with Crippen LogP contribution in [0, 0.1) is 5.92 Å². The molecule has 0 radical (unpaired) electrons. The molecule has 1 rings (SSSR count). The molecular formula is C16H34N4. The van der Waals surface area contributed by atoms with Crippen LogP contribution in [0.4, 0.5) is 0 Å². The van der Waals surface area contributed by atoms with E-state index in [4.69, 9.17) is 4.99 Å². The SMILES string of the molecule is CCNC(=NCC(C)(C)N1CCCCC1)NCC(C)C. The molecule has 0 aromatic rings. The molecule has 0 saturated carbocycles. The monoisotopic (exact) mass is 282 g/mol. The summed E-state index contributed by atoms with van der Waals surface area (Å²) in [6.45, 7) is 16.3. The van der Waals surface area contributed by atoms with E-state index in [1.165, 1.54) is 32.4 Å². The van der Waals surface area contributed by atoms with Gasteiger partial charge in [0.05, 0.1) is 6.54 Å². The Morgan fingerprint density at radius 2 is 1.80 bits per heavy atom.